The van der Waals surface area contributed by atoms with E-state index < -0.39 is 0 Å². The van der Waals surface area contributed by atoms with Gasteiger partial charge in [-0.25, -0.2) is 9.97 Å². The summed E-state index contributed by atoms with van der Waals surface area (Å²) in [5, 5.41) is 12.9. The monoisotopic (exact) mass is 229 g/mol. The molecular weight excluding hydrogens is 222 g/mol. The fourth-order valence-corrected chi connectivity index (χ4v) is 1.79. The molecule has 0 aliphatic rings. The van der Waals surface area contributed by atoms with Crippen molar-refractivity contribution >= 4 is 28.1 Å². The first-order valence-corrected chi connectivity index (χ1v) is 5.22. The maximum absolute atomic E-state index is 5.67. The van der Waals surface area contributed by atoms with Gasteiger partial charge in [0.25, 0.3) is 0 Å². The van der Waals surface area contributed by atoms with Gasteiger partial charge in [-0.1, -0.05) is 11.6 Å². The second kappa shape index (κ2) is 3.93. The molecule has 0 atom stereocenters. The van der Waals surface area contributed by atoms with Gasteiger partial charge in [-0.2, -0.15) is 5.10 Å². The van der Waals surface area contributed by atoms with Crippen molar-refractivity contribution in [1.29, 1.82) is 0 Å². The van der Waals surface area contributed by atoms with Crippen molar-refractivity contribution in [2.45, 2.75) is 13.5 Å². The Morgan fingerprint density at radius 1 is 1.57 bits per heavy atom. The van der Waals surface area contributed by atoms with Crippen LogP contribution in [0.1, 0.15) is 11.6 Å². The number of hydrogen-bond acceptors (Lipinski definition) is 5. The Labute approximate surface area is 89.5 Å². The first-order chi connectivity index (χ1) is 6.74. The quantitative estimate of drug-likeness (QED) is 0.843. The molecule has 0 amide bonds. The van der Waals surface area contributed by atoms with E-state index in [1.807, 2.05) is 6.92 Å². The zero-order valence-corrected chi connectivity index (χ0v) is 8.98. The molecule has 0 fully saturated rings. The highest BCUT2D eigenvalue weighted by Gasteiger charge is 2.02. The van der Waals surface area contributed by atoms with E-state index in [4.69, 9.17) is 11.6 Å². The molecular formula is C7H8ClN5S. The van der Waals surface area contributed by atoms with Crippen LogP contribution >= 0.6 is 22.9 Å². The maximum Gasteiger partial charge on any atom is 0.184 e. The lowest BCUT2D eigenvalue weighted by atomic mass is 10.6. The SMILES string of the molecule is Cc1nc(CNc2nc(Cl)cs2)n[nH]1. The number of thiazole rings is 1. The van der Waals surface area contributed by atoms with Crippen LogP contribution in [0.5, 0.6) is 0 Å². The molecule has 5 nitrogen and oxygen atoms in total. The zero-order valence-electron chi connectivity index (χ0n) is 7.41. The molecule has 2 heterocycles. The number of aromatic nitrogens is 4. The topological polar surface area (TPSA) is 66.5 Å². The smallest absolute Gasteiger partial charge is 0.184 e. The molecule has 0 aliphatic heterocycles. The highest BCUT2D eigenvalue weighted by atomic mass is 35.5. The molecule has 0 saturated heterocycles. The van der Waals surface area contributed by atoms with Gasteiger partial charge in [0.2, 0.25) is 0 Å². The molecule has 74 valence electrons. The number of nitrogens with zero attached hydrogens (tertiary/aromatic N) is 3. The molecule has 2 aromatic heterocycles. The van der Waals surface area contributed by atoms with Gasteiger partial charge in [0, 0.05) is 5.38 Å². The third kappa shape index (κ3) is 2.21. The van der Waals surface area contributed by atoms with Gasteiger partial charge >= 0.3 is 0 Å². The number of halogens is 1. The van der Waals surface area contributed by atoms with E-state index >= 15 is 0 Å². The average molecular weight is 230 g/mol. The molecule has 2 aromatic rings. The molecule has 0 spiro atoms. The Morgan fingerprint density at radius 2 is 2.43 bits per heavy atom. The Balaban J connectivity index is 1.94. The summed E-state index contributed by atoms with van der Waals surface area (Å²) in [6, 6.07) is 0. The summed E-state index contributed by atoms with van der Waals surface area (Å²) in [5.74, 6) is 1.52. The van der Waals surface area contributed by atoms with Gasteiger partial charge in [-0.15, -0.1) is 11.3 Å². The van der Waals surface area contributed by atoms with Crippen LogP contribution in [0.4, 0.5) is 5.13 Å². The van der Waals surface area contributed by atoms with Crippen molar-refractivity contribution in [2.75, 3.05) is 5.32 Å². The predicted molar refractivity (Wildman–Crippen MR) is 55.6 cm³/mol. The summed E-state index contributed by atoms with van der Waals surface area (Å²) >= 11 is 7.12. The van der Waals surface area contributed by atoms with Crippen LogP contribution < -0.4 is 5.32 Å². The molecule has 0 aliphatic carbocycles. The molecule has 14 heavy (non-hydrogen) atoms. The predicted octanol–water partition coefficient (Wildman–Crippen LogP) is 1.84. The van der Waals surface area contributed by atoms with Crippen LogP contribution in [0.2, 0.25) is 5.15 Å². The highest BCUT2D eigenvalue weighted by Crippen LogP contribution is 2.18. The van der Waals surface area contributed by atoms with Crippen LogP contribution in [0.3, 0.4) is 0 Å². The van der Waals surface area contributed by atoms with Gasteiger partial charge in [0.15, 0.2) is 11.0 Å². The van der Waals surface area contributed by atoms with E-state index in [0.717, 1.165) is 11.0 Å². The largest absolute Gasteiger partial charge is 0.354 e. The fourth-order valence-electron chi connectivity index (χ4n) is 0.958. The van der Waals surface area contributed by atoms with Crippen LogP contribution in [0, 0.1) is 6.92 Å². The summed E-state index contributed by atoms with van der Waals surface area (Å²) < 4.78 is 0. The van der Waals surface area contributed by atoms with Crippen molar-refractivity contribution in [2.24, 2.45) is 0 Å². The fraction of sp³-hybridized carbons (Fsp3) is 0.286. The third-order valence-corrected chi connectivity index (χ3v) is 2.64. The Kier molecular flexibility index (Phi) is 2.64. The number of H-pyrrole nitrogens is 1. The zero-order chi connectivity index (χ0) is 9.97. The van der Waals surface area contributed by atoms with E-state index in [9.17, 15) is 0 Å². The van der Waals surface area contributed by atoms with Crippen LogP contribution in [-0.2, 0) is 6.54 Å². The first kappa shape index (κ1) is 9.42. The minimum absolute atomic E-state index is 0.503. The van der Waals surface area contributed by atoms with Crippen molar-refractivity contribution in [1.82, 2.24) is 20.2 Å². The lowest BCUT2D eigenvalue weighted by Gasteiger charge is -1.96. The molecule has 2 N–H and O–H groups in total. The number of hydrogen-bond donors (Lipinski definition) is 2. The minimum Gasteiger partial charge on any atom is -0.354 e. The van der Waals surface area contributed by atoms with Gasteiger partial charge in [0.1, 0.15) is 11.0 Å². The van der Waals surface area contributed by atoms with Gasteiger partial charge in [-0.3, -0.25) is 5.10 Å². The summed E-state index contributed by atoms with van der Waals surface area (Å²) in [6.45, 7) is 2.41. The summed E-state index contributed by atoms with van der Waals surface area (Å²) in [6.07, 6.45) is 0. The molecule has 0 aromatic carbocycles. The summed E-state index contributed by atoms with van der Waals surface area (Å²) in [4.78, 5) is 8.19. The Morgan fingerprint density at radius 3 is 3.00 bits per heavy atom. The summed E-state index contributed by atoms with van der Waals surface area (Å²) in [7, 11) is 0. The number of nitrogens with one attached hydrogen (secondary N) is 2. The van der Waals surface area contributed by atoms with Crippen molar-refractivity contribution in [3.05, 3.63) is 22.2 Å². The molecule has 2 rings (SSSR count). The number of rotatable bonds is 3. The van der Waals surface area contributed by atoms with E-state index in [-0.39, 0.29) is 0 Å². The number of aromatic amines is 1. The number of anilines is 1. The van der Waals surface area contributed by atoms with Crippen molar-refractivity contribution in [3.8, 4) is 0 Å². The molecule has 0 unspecified atom stereocenters. The molecule has 0 saturated carbocycles. The normalized spacial score (nSPS) is 10.4. The average Bonchev–Trinajstić information content (AvgIpc) is 2.72. The van der Waals surface area contributed by atoms with Crippen molar-refractivity contribution in [3.63, 3.8) is 0 Å². The van der Waals surface area contributed by atoms with Crippen molar-refractivity contribution < 1.29 is 0 Å². The first-order valence-electron chi connectivity index (χ1n) is 3.97. The standard InChI is InChI=1S/C7H8ClN5S/c1-4-10-6(13-12-4)2-9-7-11-5(8)3-14-7/h3H,2H2,1H3,(H,9,11)(H,10,12,13). The lowest BCUT2D eigenvalue weighted by Crippen LogP contribution is -2.00. The molecule has 0 bridgehead atoms. The second-order valence-electron chi connectivity index (χ2n) is 2.67. The van der Waals surface area contributed by atoms with Gasteiger partial charge in [0.05, 0.1) is 6.54 Å². The van der Waals surface area contributed by atoms with Gasteiger partial charge in [-0.05, 0) is 6.92 Å². The lowest BCUT2D eigenvalue weighted by molar-refractivity contribution is 0.951. The van der Waals surface area contributed by atoms with E-state index in [2.05, 4.69) is 25.5 Å². The van der Waals surface area contributed by atoms with E-state index in [1.54, 1.807) is 5.38 Å². The molecule has 0 radical (unpaired) electrons. The van der Waals surface area contributed by atoms with Gasteiger partial charge < -0.3 is 5.32 Å². The highest BCUT2D eigenvalue weighted by molar-refractivity contribution is 7.14. The molecule has 7 heteroatoms. The van der Waals surface area contributed by atoms with Crippen LogP contribution in [0.25, 0.3) is 0 Å². The maximum atomic E-state index is 5.67. The van der Waals surface area contributed by atoms with Crippen LogP contribution in [-0.4, -0.2) is 20.2 Å². The second-order valence-corrected chi connectivity index (χ2v) is 3.91. The van der Waals surface area contributed by atoms with E-state index in [0.29, 0.717) is 17.5 Å². The Hall–Kier alpha value is -1.14. The Bertz CT molecular complexity index is 383. The number of aryl methyl sites for hydroxylation is 1. The van der Waals surface area contributed by atoms with Crippen LogP contribution in [0.15, 0.2) is 5.38 Å². The van der Waals surface area contributed by atoms with E-state index in [1.165, 1.54) is 11.3 Å². The summed E-state index contributed by atoms with van der Waals surface area (Å²) in [5.41, 5.74) is 0. The third-order valence-electron chi connectivity index (χ3n) is 1.52. The minimum atomic E-state index is 0.503.